The Morgan fingerprint density at radius 2 is 1.38 bits per heavy atom. The number of hydrogen-bond donors (Lipinski definition) is 0. The molecule has 0 atom stereocenters. The predicted molar refractivity (Wildman–Crippen MR) is 108 cm³/mol. The van der Waals surface area contributed by atoms with E-state index in [4.69, 9.17) is 23.2 Å². The Bertz CT molecular complexity index is 825. The van der Waals surface area contributed by atoms with Crippen LogP contribution in [0, 0.1) is 12.7 Å². The van der Waals surface area contributed by atoms with Gasteiger partial charge in [0.15, 0.2) is 0 Å². The minimum absolute atomic E-state index is 0.194. The molecule has 0 unspecified atom stereocenters. The zero-order chi connectivity index (χ0) is 18.5. The second-order valence-corrected chi connectivity index (χ2v) is 6.93. The van der Waals surface area contributed by atoms with Crippen molar-refractivity contribution in [3.05, 3.63) is 99.8 Å². The summed E-state index contributed by atoms with van der Waals surface area (Å²) >= 11 is 12.3. The van der Waals surface area contributed by atoms with Crippen LogP contribution in [0.15, 0.2) is 66.7 Å². The van der Waals surface area contributed by atoms with Crippen LogP contribution in [0.5, 0.6) is 0 Å². The molecule has 0 aliphatic carbocycles. The average Bonchev–Trinajstić information content (AvgIpc) is 2.66. The summed E-state index contributed by atoms with van der Waals surface area (Å²) in [6.07, 6.45) is 0. The summed E-state index contributed by atoms with van der Waals surface area (Å²) in [5.74, 6) is -0.0731. The van der Waals surface area contributed by atoms with Gasteiger partial charge >= 0.3 is 0 Å². The van der Waals surface area contributed by atoms with Crippen molar-refractivity contribution in [2.24, 2.45) is 0 Å². The van der Waals surface area contributed by atoms with Gasteiger partial charge in [-0.1, -0.05) is 72.3 Å². The van der Waals surface area contributed by atoms with Crippen molar-refractivity contribution in [1.82, 2.24) is 0 Å². The van der Waals surface area contributed by atoms with Crippen molar-refractivity contribution < 1.29 is 4.39 Å². The van der Waals surface area contributed by atoms with Crippen LogP contribution in [0.4, 0.5) is 10.1 Å². The molecule has 0 aromatic heterocycles. The molecule has 0 spiro atoms. The first kappa shape index (κ1) is 18.8. The van der Waals surface area contributed by atoms with E-state index in [0.717, 1.165) is 11.1 Å². The van der Waals surface area contributed by atoms with Crippen LogP contribution in [-0.4, -0.2) is 0 Å². The molecule has 1 nitrogen and oxygen atoms in total. The number of anilines is 1. The maximum absolute atomic E-state index is 15.1. The van der Waals surface area contributed by atoms with Gasteiger partial charge in [-0.25, -0.2) is 4.39 Å². The van der Waals surface area contributed by atoms with Crippen molar-refractivity contribution in [3.8, 4) is 0 Å². The van der Waals surface area contributed by atoms with Crippen molar-refractivity contribution in [2.75, 3.05) is 4.90 Å². The molecule has 0 aliphatic heterocycles. The fourth-order valence-electron chi connectivity index (χ4n) is 3.00. The van der Waals surface area contributed by atoms with E-state index in [1.165, 1.54) is 0 Å². The summed E-state index contributed by atoms with van der Waals surface area (Å²) in [6, 6.07) is 21.7. The number of nitrogens with zero attached hydrogens (tertiary/aromatic N) is 1. The number of alkyl halides is 1. The highest BCUT2D eigenvalue weighted by Gasteiger charge is 2.19. The first-order valence-electron chi connectivity index (χ1n) is 8.46. The van der Waals surface area contributed by atoms with Crippen LogP contribution < -0.4 is 4.90 Å². The molecule has 134 valence electrons. The third-order valence-corrected chi connectivity index (χ3v) is 5.07. The van der Waals surface area contributed by atoms with Gasteiger partial charge in [-0.15, -0.1) is 11.6 Å². The minimum atomic E-state index is -0.267. The summed E-state index contributed by atoms with van der Waals surface area (Å²) in [7, 11) is 0. The van der Waals surface area contributed by atoms with E-state index in [9.17, 15) is 0 Å². The van der Waals surface area contributed by atoms with Crippen molar-refractivity contribution in [3.63, 3.8) is 0 Å². The van der Waals surface area contributed by atoms with Gasteiger partial charge in [0, 0.05) is 24.0 Å². The van der Waals surface area contributed by atoms with Gasteiger partial charge in [0.05, 0.1) is 5.69 Å². The molecule has 3 rings (SSSR count). The summed E-state index contributed by atoms with van der Waals surface area (Å²) in [6.45, 7) is 2.90. The molecule has 0 saturated carbocycles. The van der Waals surface area contributed by atoms with Gasteiger partial charge in [-0.2, -0.15) is 0 Å². The molecule has 3 aromatic carbocycles. The normalized spacial score (nSPS) is 10.8. The Kier molecular flexibility index (Phi) is 6.18. The largest absolute Gasteiger partial charge is 0.360 e. The highest BCUT2D eigenvalue weighted by molar-refractivity contribution is 6.32. The van der Waals surface area contributed by atoms with E-state index in [1.54, 1.807) is 13.0 Å². The SMILES string of the molecule is Cc1c(F)c(N(Cc2ccccc2)Cc2ccccc2)cc(Cl)c1CCl. The quantitative estimate of drug-likeness (QED) is 0.423. The molecule has 0 amide bonds. The first-order valence-corrected chi connectivity index (χ1v) is 9.37. The molecule has 0 saturated heterocycles. The number of hydrogen-bond acceptors (Lipinski definition) is 1. The lowest BCUT2D eigenvalue weighted by molar-refractivity contribution is 0.605. The zero-order valence-corrected chi connectivity index (χ0v) is 16.1. The molecule has 0 heterocycles. The molecule has 0 N–H and O–H groups in total. The summed E-state index contributed by atoms with van der Waals surface area (Å²) in [4.78, 5) is 2.01. The van der Waals surface area contributed by atoms with Crippen molar-refractivity contribution >= 4 is 28.9 Å². The zero-order valence-electron chi connectivity index (χ0n) is 14.6. The van der Waals surface area contributed by atoms with Crippen LogP contribution in [0.25, 0.3) is 0 Å². The van der Waals surface area contributed by atoms with E-state index in [0.29, 0.717) is 34.9 Å². The molecular formula is C22H20Cl2FN. The molecule has 0 fully saturated rings. The Morgan fingerprint density at radius 1 is 0.885 bits per heavy atom. The summed E-state index contributed by atoms with van der Waals surface area (Å²) in [5, 5.41) is 0.500. The molecule has 0 aliphatic rings. The first-order chi connectivity index (χ1) is 12.6. The molecule has 0 radical (unpaired) electrons. The lowest BCUT2D eigenvalue weighted by Gasteiger charge is -2.27. The molecule has 3 aromatic rings. The van der Waals surface area contributed by atoms with Crippen LogP contribution in [0.3, 0.4) is 0 Å². The highest BCUT2D eigenvalue weighted by Crippen LogP contribution is 2.33. The second kappa shape index (κ2) is 8.57. The maximum Gasteiger partial charge on any atom is 0.149 e. The Hall–Kier alpha value is -2.03. The monoisotopic (exact) mass is 387 g/mol. The van der Waals surface area contributed by atoms with Crippen molar-refractivity contribution in [2.45, 2.75) is 25.9 Å². The Labute approximate surface area is 164 Å². The van der Waals surface area contributed by atoms with Gasteiger partial charge in [0.25, 0.3) is 0 Å². The van der Waals surface area contributed by atoms with E-state index >= 15 is 4.39 Å². The van der Waals surface area contributed by atoms with Crippen LogP contribution in [-0.2, 0) is 19.0 Å². The fraction of sp³-hybridized carbons (Fsp3) is 0.182. The fourth-order valence-corrected chi connectivity index (χ4v) is 3.73. The Morgan fingerprint density at radius 3 is 1.85 bits per heavy atom. The summed E-state index contributed by atoms with van der Waals surface area (Å²) in [5.41, 5.74) is 3.87. The second-order valence-electron chi connectivity index (χ2n) is 6.26. The lowest BCUT2D eigenvalue weighted by Crippen LogP contribution is -2.23. The topological polar surface area (TPSA) is 3.24 Å². The van der Waals surface area contributed by atoms with E-state index in [1.807, 2.05) is 65.6 Å². The van der Waals surface area contributed by atoms with Crippen molar-refractivity contribution in [1.29, 1.82) is 0 Å². The van der Waals surface area contributed by atoms with E-state index in [-0.39, 0.29) is 11.7 Å². The number of halogens is 3. The van der Waals surface area contributed by atoms with E-state index in [2.05, 4.69) is 0 Å². The molecule has 26 heavy (non-hydrogen) atoms. The smallest absolute Gasteiger partial charge is 0.149 e. The predicted octanol–water partition coefficient (Wildman–Crippen LogP) is 6.73. The number of rotatable bonds is 6. The van der Waals surface area contributed by atoms with Gasteiger partial charge < -0.3 is 4.90 Å². The lowest BCUT2D eigenvalue weighted by atomic mass is 10.1. The van der Waals surface area contributed by atoms with Crippen LogP contribution >= 0.6 is 23.2 Å². The van der Waals surface area contributed by atoms with Gasteiger partial charge in [0.2, 0.25) is 0 Å². The summed E-state index contributed by atoms with van der Waals surface area (Å²) < 4.78 is 15.1. The van der Waals surface area contributed by atoms with Gasteiger partial charge in [0.1, 0.15) is 5.82 Å². The highest BCUT2D eigenvalue weighted by atomic mass is 35.5. The van der Waals surface area contributed by atoms with E-state index < -0.39 is 0 Å². The Balaban J connectivity index is 2.02. The van der Waals surface area contributed by atoms with Crippen LogP contribution in [0.2, 0.25) is 5.02 Å². The van der Waals surface area contributed by atoms with Gasteiger partial charge in [-0.05, 0) is 35.2 Å². The third kappa shape index (κ3) is 4.20. The third-order valence-electron chi connectivity index (χ3n) is 4.47. The minimum Gasteiger partial charge on any atom is -0.360 e. The standard InChI is InChI=1S/C22H20Cl2FN/c1-16-19(13-23)20(24)12-21(22(16)25)26(14-17-8-4-2-5-9-17)15-18-10-6-3-7-11-18/h2-12H,13-15H2,1H3. The van der Waals surface area contributed by atoms with Gasteiger partial charge in [-0.3, -0.25) is 0 Å². The molecular weight excluding hydrogens is 368 g/mol. The average molecular weight is 388 g/mol. The van der Waals surface area contributed by atoms with Crippen LogP contribution in [0.1, 0.15) is 22.3 Å². The maximum atomic E-state index is 15.1. The number of benzene rings is 3. The molecule has 4 heteroatoms. The molecule has 0 bridgehead atoms.